The molecule has 0 aliphatic carbocycles. The van der Waals surface area contributed by atoms with E-state index in [1.807, 2.05) is 24.3 Å². The summed E-state index contributed by atoms with van der Waals surface area (Å²) in [6, 6.07) is 6.86. The molecule has 2 aromatic rings. The molecule has 2 aliphatic heterocycles. The molecular formula is C27H36F3N7O6. The molecule has 16 heteroatoms. The SMILES string of the molecule is CC(=O)Nc1ccc(C(C(=O)NCC2CCOC2)N2CCN(C(=O)c3ncn(C)n3)CC(C)C2)cc1.O=C(O)C(F)(F)F. The fourth-order valence-corrected chi connectivity index (χ4v) is 4.83. The van der Waals surface area contributed by atoms with Gasteiger partial charge in [-0.15, -0.1) is 5.10 Å². The minimum absolute atomic E-state index is 0.0763. The molecule has 2 fully saturated rings. The van der Waals surface area contributed by atoms with Crippen molar-refractivity contribution in [1.82, 2.24) is 29.9 Å². The van der Waals surface area contributed by atoms with E-state index in [0.29, 0.717) is 50.9 Å². The van der Waals surface area contributed by atoms with E-state index in [1.54, 1.807) is 11.9 Å². The van der Waals surface area contributed by atoms with Crippen molar-refractivity contribution in [3.8, 4) is 0 Å². The monoisotopic (exact) mass is 611 g/mol. The molecule has 3 heterocycles. The number of aliphatic carboxylic acids is 1. The third-order valence-corrected chi connectivity index (χ3v) is 6.81. The minimum atomic E-state index is -5.08. The summed E-state index contributed by atoms with van der Waals surface area (Å²) in [5, 5.41) is 17.2. The number of carboxylic acids is 1. The Kier molecular flexibility index (Phi) is 11.6. The second-order valence-corrected chi connectivity index (χ2v) is 10.6. The van der Waals surface area contributed by atoms with Gasteiger partial charge in [0.1, 0.15) is 12.4 Å². The molecule has 13 nitrogen and oxygen atoms in total. The Morgan fingerprint density at radius 1 is 1.14 bits per heavy atom. The molecule has 2 aliphatic rings. The van der Waals surface area contributed by atoms with Crippen LogP contribution in [-0.2, 0) is 26.2 Å². The largest absolute Gasteiger partial charge is 0.490 e. The molecule has 4 rings (SSSR count). The topological polar surface area (TPSA) is 159 Å². The van der Waals surface area contributed by atoms with Gasteiger partial charge in [-0.25, -0.2) is 9.78 Å². The van der Waals surface area contributed by atoms with Crippen LogP contribution in [0.3, 0.4) is 0 Å². The van der Waals surface area contributed by atoms with Crippen LogP contribution in [0.1, 0.15) is 42.5 Å². The molecule has 0 saturated carbocycles. The number of ether oxygens (including phenoxy) is 1. The summed E-state index contributed by atoms with van der Waals surface area (Å²) >= 11 is 0. The first-order valence-corrected chi connectivity index (χ1v) is 13.7. The zero-order valence-corrected chi connectivity index (χ0v) is 24.1. The number of carbonyl (C=O) groups is 4. The molecule has 0 bridgehead atoms. The van der Waals surface area contributed by atoms with Gasteiger partial charge < -0.3 is 25.4 Å². The highest BCUT2D eigenvalue weighted by Crippen LogP contribution is 2.26. The molecule has 0 radical (unpaired) electrons. The predicted molar refractivity (Wildman–Crippen MR) is 147 cm³/mol. The average molecular weight is 612 g/mol. The number of hydrogen-bond donors (Lipinski definition) is 3. The number of anilines is 1. The van der Waals surface area contributed by atoms with Gasteiger partial charge in [0.05, 0.1) is 6.61 Å². The summed E-state index contributed by atoms with van der Waals surface area (Å²) in [6.45, 7) is 7.70. The van der Waals surface area contributed by atoms with Crippen molar-refractivity contribution in [2.24, 2.45) is 18.9 Å². The van der Waals surface area contributed by atoms with Crippen molar-refractivity contribution in [2.75, 3.05) is 51.3 Å². The van der Waals surface area contributed by atoms with E-state index >= 15 is 0 Å². The van der Waals surface area contributed by atoms with E-state index in [2.05, 4.69) is 32.5 Å². The molecule has 43 heavy (non-hydrogen) atoms. The number of carbonyl (C=O) groups excluding carboxylic acids is 3. The summed E-state index contributed by atoms with van der Waals surface area (Å²) < 4.78 is 38.7. The second kappa shape index (κ2) is 14.9. The lowest BCUT2D eigenvalue weighted by Gasteiger charge is -2.31. The third kappa shape index (κ3) is 10.0. The molecule has 3 amide bonds. The second-order valence-electron chi connectivity index (χ2n) is 10.6. The Balaban J connectivity index is 0.000000646. The number of aromatic nitrogens is 3. The number of aryl methyl sites for hydroxylation is 1. The van der Waals surface area contributed by atoms with E-state index in [4.69, 9.17) is 14.6 Å². The number of rotatable bonds is 7. The Morgan fingerprint density at radius 3 is 2.35 bits per heavy atom. The van der Waals surface area contributed by atoms with Gasteiger partial charge in [-0.05, 0) is 30.0 Å². The van der Waals surface area contributed by atoms with E-state index in [0.717, 1.165) is 18.6 Å². The van der Waals surface area contributed by atoms with Crippen molar-refractivity contribution in [3.63, 3.8) is 0 Å². The molecule has 236 valence electrons. The van der Waals surface area contributed by atoms with Crippen molar-refractivity contribution >= 4 is 29.4 Å². The van der Waals surface area contributed by atoms with Crippen LogP contribution < -0.4 is 10.6 Å². The Hall–Kier alpha value is -4.05. The minimum Gasteiger partial charge on any atom is -0.475 e. The van der Waals surface area contributed by atoms with Gasteiger partial charge in [0.2, 0.25) is 17.6 Å². The highest BCUT2D eigenvalue weighted by Gasteiger charge is 2.38. The van der Waals surface area contributed by atoms with E-state index in [9.17, 15) is 27.6 Å². The quantitative estimate of drug-likeness (QED) is 0.424. The summed E-state index contributed by atoms with van der Waals surface area (Å²) in [4.78, 5) is 54.9. The first kappa shape index (κ1) is 33.5. The van der Waals surface area contributed by atoms with E-state index < -0.39 is 18.2 Å². The lowest BCUT2D eigenvalue weighted by Crippen LogP contribution is -2.44. The average Bonchev–Trinajstić information content (AvgIpc) is 3.57. The molecule has 3 atom stereocenters. The fourth-order valence-electron chi connectivity index (χ4n) is 4.83. The summed E-state index contributed by atoms with van der Waals surface area (Å²) in [6.07, 6.45) is -2.63. The Bertz CT molecular complexity index is 1260. The van der Waals surface area contributed by atoms with Crippen LogP contribution in [-0.4, -0.2) is 105 Å². The van der Waals surface area contributed by atoms with Crippen LogP contribution in [0.2, 0.25) is 0 Å². The number of amides is 3. The number of hydrogen-bond acceptors (Lipinski definition) is 8. The maximum Gasteiger partial charge on any atom is 0.490 e. The molecule has 2 saturated heterocycles. The maximum absolute atomic E-state index is 13.6. The number of nitrogens with zero attached hydrogens (tertiary/aromatic N) is 5. The Morgan fingerprint density at radius 2 is 1.81 bits per heavy atom. The zero-order valence-electron chi connectivity index (χ0n) is 24.1. The van der Waals surface area contributed by atoms with Crippen LogP contribution in [0, 0.1) is 11.8 Å². The van der Waals surface area contributed by atoms with Crippen LogP contribution in [0.5, 0.6) is 0 Å². The van der Waals surface area contributed by atoms with Gasteiger partial charge in [-0.1, -0.05) is 19.1 Å². The van der Waals surface area contributed by atoms with Gasteiger partial charge in [0.15, 0.2) is 0 Å². The lowest BCUT2D eigenvalue weighted by molar-refractivity contribution is -0.192. The first-order chi connectivity index (χ1) is 20.2. The zero-order chi connectivity index (χ0) is 31.7. The molecule has 1 aromatic heterocycles. The van der Waals surface area contributed by atoms with Gasteiger partial charge in [0, 0.05) is 64.9 Å². The summed E-state index contributed by atoms with van der Waals surface area (Å²) in [5.41, 5.74) is 1.51. The molecule has 0 spiro atoms. The smallest absolute Gasteiger partial charge is 0.475 e. The molecule has 1 aromatic carbocycles. The number of carboxylic acid groups (broad SMARTS) is 1. The highest BCUT2D eigenvalue weighted by atomic mass is 19.4. The molecule has 3 N–H and O–H groups in total. The lowest BCUT2D eigenvalue weighted by atomic mass is 10.0. The van der Waals surface area contributed by atoms with Gasteiger partial charge in [-0.2, -0.15) is 13.2 Å². The Labute approximate surface area is 246 Å². The number of halogens is 3. The molecule has 3 unspecified atom stereocenters. The van der Waals surface area contributed by atoms with Crippen molar-refractivity contribution < 1.29 is 42.2 Å². The van der Waals surface area contributed by atoms with Crippen molar-refractivity contribution in [2.45, 2.75) is 32.5 Å². The van der Waals surface area contributed by atoms with Crippen LogP contribution in [0.4, 0.5) is 18.9 Å². The van der Waals surface area contributed by atoms with E-state index in [1.165, 1.54) is 17.9 Å². The maximum atomic E-state index is 13.6. The number of alkyl halides is 3. The fraction of sp³-hybridized carbons (Fsp3) is 0.556. The van der Waals surface area contributed by atoms with Gasteiger partial charge in [-0.3, -0.25) is 24.0 Å². The van der Waals surface area contributed by atoms with E-state index in [-0.39, 0.29) is 29.5 Å². The standard InChI is InChI=1S/C25H35N7O4.C2HF3O2/c1-17-13-31(9-10-32(14-17)25(35)23-27-16-30(3)29-23)22(24(34)26-12-19-8-11-36-15-19)20-4-6-21(7-5-20)28-18(2)33;3-2(4,5)1(6)7/h4-7,16-17,19,22H,8-15H2,1-3H3,(H,26,34)(H,28,33);(H,6,7). The highest BCUT2D eigenvalue weighted by molar-refractivity contribution is 5.90. The third-order valence-electron chi connectivity index (χ3n) is 6.81. The van der Waals surface area contributed by atoms with Gasteiger partial charge in [0.25, 0.3) is 5.91 Å². The predicted octanol–water partition coefficient (Wildman–Crippen LogP) is 1.69. The molecular weight excluding hydrogens is 575 g/mol. The van der Waals surface area contributed by atoms with Crippen LogP contribution in [0.25, 0.3) is 0 Å². The summed E-state index contributed by atoms with van der Waals surface area (Å²) in [5.74, 6) is -2.55. The summed E-state index contributed by atoms with van der Waals surface area (Å²) in [7, 11) is 1.73. The van der Waals surface area contributed by atoms with Crippen LogP contribution in [0.15, 0.2) is 30.6 Å². The van der Waals surface area contributed by atoms with Gasteiger partial charge >= 0.3 is 12.1 Å². The van der Waals surface area contributed by atoms with Crippen LogP contribution >= 0.6 is 0 Å². The first-order valence-electron chi connectivity index (χ1n) is 13.7. The number of nitrogens with one attached hydrogen (secondary N) is 2. The number of benzene rings is 1. The van der Waals surface area contributed by atoms with Crippen molar-refractivity contribution in [3.05, 3.63) is 42.0 Å². The normalized spacial score (nSPS) is 19.9. The van der Waals surface area contributed by atoms with Crippen molar-refractivity contribution in [1.29, 1.82) is 0 Å².